The number of aromatic nitrogens is 2. The maximum Gasteiger partial charge on any atom is 0.194 e. The number of fused-ring (bicyclic) bond motifs is 1. The molecule has 94 valence electrons. The summed E-state index contributed by atoms with van der Waals surface area (Å²) in [6, 6.07) is 0.304. The molecule has 0 amide bonds. The molecule has 0 fully saturated rings. The maximum atomic E-state index is 9.32. The van der Waals surface area contributed by atoms with Crippen LogP contribution in [0.3, 0.4) is 0 Å². The van der Waals surface area contributed by atoms with Crippen molar-refractivity contribution in [1.29, 1.82) is 0 Å². The standard InChI is InChI=1S/C12H19N3OS/c1-8(6-9(2)16)13-7-11-10(3)14-12-15(11)4-5-17-12/h4-5,8-9,13,16H,6-7H2,1-3H3. The number of imidazole rings is 1. The van der Waals surface area contributed by atoms with Gasteiger partial charge < -0.3 is 10.4 Å². The Bertz CT molecular complexity index is 489. The smallest absolute Gasteiger partial charge is 0.194 e. The van der Waals surface area contributed by atoms with Crippen molar-refractivity contribution in [3.63, 3.8) is 0 Å². The van der Waals surface area contributed by atoms with Gasteiger partial charge in [0, 0.05) is 24.2 Å². The van der Waals surface area contributed by atoms with E-state index >= 15 is 0 Å². The quantitative estimate of drug-likeness (QED) is 0.856. The lowest BCUT2D eigenvalue weighted by molar-refractivity contribution is 0.170. The van der Waals surface area contributed by atoms with E-state index < -0.39 is 0 Å². The molecule has 2 aromatic rings. The third-order valence-corrected chi connectivity index (χ3v) is 3.63. The number of hydrogen-bond acceptors (Lipinski definition) is 4. The second-order valence-electron chi connectivity index (χ2n) is 4.57. The van der Waals surface area contributed by atoms with Crippen LogP contribution in [-0.2, 0) is 6.54 Å². The summed E-state index contributed by atoms with van der Waals surface area (Å²) in [5.41, 5.74) is 2.28. The predicted octanol–water partition coefficient (Wildman–Crippen LogP) is 1.95. The summed E-state index contributed by atoms with van der Waals surface area (Å²) < 4.78 is 2.13. The fourth-order valence-electron chi connectivity index (χ4n) is 2.02. The lowest BCUT2D eigenvalue weighted by Gasteiger charge is -2.15. The molecule has 0 saturated heterocycles. The van der Waals surface area contributed by atoms with Crippen LogP contribution in [0.2, 0.25) is 0 Å². The minimum Gasteiger partial charge on any atom is -0.393 e. The number of nitrogens with one attached hydrogen (secondary N) is 1. The molecule has 2 atom stereocenters. The van der Waals surface area contributed by atoms with Crippen LogP contribution >= 0.6 is 11.3 Å². The molecule has 0 aliphatic heterocycles. The van der Waals surface area contributed by atoms with Gasteiger partial charge in [0.1, 0.15) is 0 Å². The van der Waals surface area contributed by atoms with Gasteiger partial charge in [0.05, 0.1) is 17.5 Å². The van der Waals surface area contributed by atoms with Crippen molar-refractivity contribution in [2.45, 2.75) is 45.9 Å². The predicted molar refractivity (Wildman–Crippen MR) is 70.4 cm³/mol. The molecule has 2 aromatic heterocycles. The number of nitrogens with zero attached hydrogens (tertiary/aromatic N) is 2. The summed E-state index contributed by atoms with van der Waals surface area (Å²) in [6.45, 7) is 6.74. The second kappa shape index (κ2) is 5.16. The molecule has 0 aliphatic rings. The van der Waals surface area contributed by atoms with Gasteiger partial charge in [-0.25, -0.2) is 4.98 Å². The number of rotatable bonds is 5. The van der Waals surface area contributed by atoms with Crippen LogP contribution in [-0.4, -0.2) is 26.6 Å². The van der Waals surface area contributed by atoms with Gasteiger partial charge in [0.25, 0.3) is 0 Å². The minimum absolute atomic E-state index is 0.259. The van der Waals surface area contributed by atoms with E-state index in [1.54, 1.807) is 11.3 Å². The molecular formula is C12H19N3OS. The molecule has 0 radical (unpaired) electrons. The third-order valence-electron chi connectivity index (χ3n) is 2.87. The summed E-state index contributed by atoms with van der Waals surface area (Å²) in [4.78, 5) is 5.55. The molecule has 0 aromatic carbocycles. The van der Waals surface area contributed by atoms with E-state index in [9.17, 15) is 5.11 Å². The summed E-state index contributed by atoms with van der Waals surface area (Å²) >= 11 is 1.65. The monoisotopic (exact) mass is 253 g/mol. The number of aliphatic hydroxyl groups is 1. The zero-order valence-electron chi connectivity index (χ0n) is 10.5. The van der Waals surface area contributed by atoms with Crippen molar-refractivity contribution in [3.8, 4) is 0 Å². The van der Waals surface area contributed by atoms with Gasteiger partial charge in [-0.15, -0.1) is 11.3 Å². The van der Waals surface area contributed by atoms with Crippen molar-refractivity contribution in [2.24, 2.45) is 0 Å². The SMILES string of the molecule is Cc1nc2sccn2c1CNC(C)CC(C)O. The van der Waals surface area contributed by atoms with Crippen LogP contribution in [0.1, 0.15) is 31.7 Å². The fraction of sp³-hybridized carbons (Fsp3) is 0.583. The first kappa shape index (κ1) is 12.5. The first-order valence-electron chi connectivity index (χ1n) is 5.90. The van der Waals surface area contributed by atoms with Gasteiger partial charge in [-0.05, 0) is 27.2 Å². The molecule has 0 spiro atoms. The highest BCUT2D eigenvalue weighted by atomic mass is 32.1. The topological polar surface area (TPSA) is 49.6 Å². The summed E-state index contributed by atoms with van der Waals surface area (Å²) in [6.07, 6.45) is 2.56. The van der Waals surface area contributed by atoms with Crippen LogP contribution < -0.4 is 5.32 Å². The highest BCUT2D eigenvalue weighted by Crippen LogP contribution is 2.16. The van der Waals surface area contributed by atoms with Crippen LogP contribution in [0, 0.1) is 6.92 Å². The average Bonchev–Trinajstić information content (AvgIpc) is 2.74. The lowest BCUT2D eigenvalue weighted by atomic mass is 10.1. The zero-order chi connectivity index (χ0) is 12.4. The van der Waals surface area contributed by atoms with E-state index in [-0.39, 0.29) is 6.10 Å². The molecule has 0 bridgehead atoms. The maximum absolute atomic E-state index is 9.32. The fourth-order valence-corrected chi connectivity index (χ4v) is 2.80. The van der Waals surface area contributed by atoms with E-state index in [0.29, 0.717) is 6.04 Å². The number of aliphatic hydroxyl groups excluding tert-OH is 1. The van der Waals surface area contributed by atoms with Crippen molar-refractivity contribution >= 4 is 16.3 Å². The lowest BCUT2D eigenvalue weighted by Crippen LogP contribution is -2.29. The molecule has 2 unspecified atom stereocenters. The van der Waals surface area contributed by atoms with Gasteiger partial charge >= 0.3 is 0 Å². The molecule has 5 heteroatoms. The van der Waals surface area contributed by atoms with Crippen molar-refractivity contribution in [1.82, 2.24) is 14.7 Å². The molecule has 17 heavy (non-hydrogen) atoms. The van der Waals surface area contributed by atoms with Crippen LogP contribution in [0.25, 0.3) is 4.96 Å². The summed E-state index contributed by atoms with van der Waals surface area (Å²) in [5, 5.41) is 14.8. The molecule has 0 saturated carbocycles. The minimum atomic E-state index is -0.259. The van der Waals surface area contributed by atoms with E-state index in [1.165, 1.54) is 5.69 Å². The van der Waals surface area contributed by atoms with Gasteiger partial charge in [0.15, 0.2) is 4.96 Å². The summed E-state index contributed by atoms with van der Waals surface area (Å²) in [5.74, 6) is 0. The van der Waals surface area contributed by atoms with Crippen molar-refractivity contribution in [2.75, 3.05) is 0 Å². The van der Waals surface area contributed by atoms with Gasteiger partial charge in [-0.3, -0.25) is 4.40 Å². The number of hydrogen-bond donors (Lipinski definition) is 2. The van der Waals surface area contributed by atoms with E-state index in [2.05, 4.69) is 27.8 Å². The molecule has 4 nitrogen and oxygen atoms in total. The Hall–Kier alpha value is -0.910. The Balaban J connectivity index is 2.03. The first-order valence-corrected chi connectivity index (χ1v) is 6.78. The normalized spacial score (nSPS) is 15.3. The number of aryl methyl sites for hydroxylation is 1. The highest BCUT2D eigenvalue weighted by molar-refractivity contribution is 7.15. The Morgan fingerprint density at radius 3 is 3.00 bits per heavy atom. The highest BCUT2D eigenvalue weighted by Gasteiger charge is 2.11. The van der Waals surface area contributed by atoms with E-state index in [0.717, 1.165) is 23.6 Å². The van der Waals surface area contributed by atoms with Gasteiger partial charge in [-0.1, -0.05) is 0 Å². The summed E-state index contributed by atoms with van der Waals surface area (Å²) in [7, 11) is 0. The van der Waals surface area contributed by atoms with Crippen LogP contribution in [0.15, 0.2) is 11.6 Å². The Morgan fingerprint density at radius 1 is 1.53 bits per heavy atom. The molecule has 2 N–H and O–H groups in total. The van der Waals surface area contributed by atoms with Gasteiger partial charge in [-0.2, -0.15) is 0 Å². The number of thiazole rings is 1. The Morgan fingerprint density at radius 2 is 2.29 bits per heavy atom. The van der Waals surface area contributed by atoms with Crippen LogP contribution in [0.5, 0.6) is 0 Å². The zero-order valence-corrected chi connectivity index (χ0v) is 11.3. The van der Waals surface area contributed by atoms with Crippen LogP contribution in [0.4, 0.5) is 0 Å². The average molecular weight is 253 g/mol. The Kier molecular flexibility index (Phi) is 3.81. The molecule has 2 rings (SSSR count). The van der Waals surface area contributed by atoms with E-state index in [4.69, 9.17) is 0 Å². The van der Waals surface area contributed by atoms with Gasteiger partial charge in [0.2, 0.25) is 0 Å². The second-order valence-corrected chi connectivity index (χ2v) is 5.44. The van der Waals surface area contributed by atoms with Crippen molar-refractivity contribution in [3.05, 3.63) is 23.0 Å². The molecular weight excluding hydrogens is 234 g/mol. The Labute approximate surface area is 105 Å². The van der Waals surface area contributed by atoms with E-state index in [1.807, 2.05) is 19.2 Å². The first-order chi connectivity index (χ1) is 8.08. The third kappa shape index (κ3) is 2.86. The molecule has 0 aliphatic carbocycles. The largest absolute Gasteiger partial charge is 0.393 e. The van der Waals surface area contributed by atoms with Crippen molar-refractivity contribution < 1.29 is 5.11 Å². The molecule has 2 heterocycles.